The van der Waals surface area contributed by atoms with Crippen molar-refractivity contribution >= 4 is 23.5 Å². The second-order valence-electron chi connectivity index (χ2n) is 3.41. The first-order valence-corrected chi connectivity index (χ1v) is 6.19. The summed E-state index contributed by atoms with van der Waals surface area (Å²) in [6.07, 6.45) is 2.62. The maximum Gasteiger partial charge on any atom is 0.0843 e. The molecule has 1 atom stereocenters. The largest absolute Gasteiger partial charge is 0.139 e. The molecule has 11 heavy (non-hydrogen) atoms. The first-order chi connectivity index (χ1) is 5.26. The Hall–Kier alpha value is 0.440. The Morgan fingerprint density at radius 1 is 1.45 bits per heavy atom. The summed E-state index contributed by atoms with van der Waals surface area (Å²) in [5, 5.41) is 0. The highest BCUT2D eigenvalue weighted by Crippen LogP contribution is 2.59. The molecule has 0 nitrogen and oxygen atoms in total. The van der Waals surface area contributed by atoms with Crippen LogP contribution in [0.15, 0.2) is 12.2 Å². The molecule has 0 aromatic rings. The lowest BCUT2D eigenvalue weighted by Gasteiger charge is -2.27. The third kappa shape index (κ3) is 1.06. The van der Waals surface area contributed by atoms with Crippen LogP contribution >= 0.6 is 23.5 Å². The van der Waals surface area contributed by atoms with E-state index in [1.807, 2.05) is 0 Å². The minimum atomic E-state index is 0.444. The van der Waals surface area contributed by atoms with Gasteiger partial charge in [0.1, 0.15) is 0 Å². The maximum atomic E-state index is 4.20. The Morgan fingerprint density at radius 3 is 2.55 bits per heavy atom. The van der Waals surface area contributed by atoms with Crippen molar-refractivity contribution in [3.63, 3.8) is 0 Å². The zero-order valence-electron chi connectivity index (χ0n) is 6.93. The van der Waals surface area contributed by atoms with Gasteiger partial charge >= 0.3 is 0 Å². The summed E-state index contributed by atoms with van der Waals surface area (Å²) in [6.45, 7) is 6.58. The Bertz CT molecular complexity index is 180. The first-order valence-electron chi connectivity index (χ1n) is 4.22. The molecule has 0 bridgehead atoms. The fourth-order valence-corrected chi connectivity index (χ4v) is 5.54. The molecule has 0 aromatic heterocycles. The van der Waals surface area contributed by atoms with Gasteiger partial charge in [0.25, 0.3) is 0 Å². The van der Waals surface area contributed by atoms with Crippen molar-refractivity contribution < 1.29 is 0 Å². The van der Waals surface area contributed by atoms with E-state index in [4.69, 9.17) is 0 Å². The molecule has 0 amide bonds. The topological polar surface area (TPSA) is 0 Å². The first kappa shape index (κ1) is 8.06. The van der Waals surface area contributed by atoms with E-state index in [0.717, 1.165) is 5.92 Å². The summed E-state index contributed by atoms with van der Waals surface area (Å²) >= 11 is 4.26. The van der Waals surface area contributed by atoms with Crippen molar-refractivity contribution in [2.75, 3.05) is 11.5 Å². The second kappa shape index (κ2) is 2.74. The van der Waals surface area contributed by atoms with Crippen LogP contribution in [0.5, 0.6) is 0 Å². The van der Waals surface area contributed by atoms with Crippen molar-refractivity contribution in [1.29, 1.82) is 0 Å². The van der Waals surface area contributed by atoms with E-state index in [-0.39, 0.29) is 0 Å². The zero-order chi connectivity index (χ0) is 7.90. The highest BCUT2D eigenvalue weighted by molar-refractivity contribution is 8.21. The van der Waals surface area contributed by atoms with E-state index < -0.39 is 0 Å². The van der Waals surface area contributed by atoms with Gasteiger partial charge in [-0.2, -0.15) is 0 Å². The molecule has 2 aliphatic rings. The quantitative estimate of drug-likeness (QED) is 0.533. The third-order valence-electron chi connectivity index (χ3n) is 2.74. The molecule has 1 heterocycles. The van der Waals surface area contributed by atoms with Crippen molar-refractivity contribution in [3.05, 3.63) is 12.2 Å². The van der Waals surface area contributed by atoms with E-state index >= 15 is 0 Å². The fraction of sp³-hybridized carbons (Fsp3) is 0.778. The number of thioether (sulfide) groups is 2. The minimum Gasteiger partial charge on any atom is -0.139 e. The Morgan fingerprint density at radius 2 is 2.09 bits per heavy atom. The highest BCUT2D eigenvalue weighted by Gasteiger charge is 2.46. The standard InChI is InChI=1S/C9H14S2/c1-7-3-4-8(2)9(7)10-5-6-11-9/h8H,1,3-6H2,2H3. The van der Waals surface area contributed by atoms with Crippen LogP contribution < -0.4 is 0 Å². The number of rotatable bonds is 0. The molecule has 0 N–H and O–H groups in total. The molecular formula is C9H14S2. The van der Waals surface area contributed by atoms with Crippen LogP contribution in [-0.2, 0) is 0 Å². The third-order valence-corrected chi connectivity index (χ3v) is 6.76. The van der Waals surface area contributed by atoms with Gasteiger partial charge in [-0.3, -0.25) is 0 Å². The average Bonchev–Trinajstić information content (AvgIpc) is 2.56. The van der Waals surface area contributed by atoms with Gasteiger partial charge < -0.3 is 0 Å². The van der Waals surface area contributed by atoms with Gasteiger partial charge in [0.15, 0.2) is 0 Å². The van der Waals surface area contributed by atoms with Crippen molar-refractivity contribution in [3.8, 4) is 0 Å². The lowest BCUT2D eigenvalue weighted by molar-refractivity contribution is 0.609. The molecule has 1 aliphatic heterocycles. The van der Waals surface area contributed by atoms with Gasteiger partial charge in [0.05, 0.1) is 4.08 Å². The number of hydrogen-bond donors (Lipinski definition) is 0. The summed E-state index contributed by atoms with van der Waals surface area (Å²) in [7, 11) is 0. The maximum absolute atomic E-state index is 4.20. The van der Waals surface area contributed by atoms with Gasteiger partial charge in [-0.15, -0.1) is 23.5 Å². The van der Waals surface area contributed by atoms with E-state index in [0.29, 0.717) is 4.08 Å². The number of hydrogen-bond acceptors (Lipinski definition) is 2. The van der Waals surface area contributed by atoms with Crippen LogP contribution in [0.4, 0.5) is 0 Å². The lowest BCUT2D eigenvalue weighted by Crippen LogP contribution is -2.21. The van der Waals surface area contributed by atoms with E-state index in [1.54, 1.807) is 0 Å². The van der Waals surface area contributed by atoms with Gasteiger partial charge in [0, 0.05) is 11.5 Å². The second-order valence-corrected chi connectivity index (χ2v) is 6.35. The molecule has 2 heteroatoms. The molecule has 0 radical (unpaired) electrons. The molecule has 2 rings (SSSR count). The predicted octanol–water partition coefficient (Wildman–Crippen LogP) is 3.15. The van der Waals surface area contributed by atoms with Crippen molar-refractivity contribution in [2.45, 2.75) is 23.8 Å². The molecule has 1 spiro atoms. The summed E-state index contributed by atoms with van der Waals surface area (Å²) < 4.78 is 0.444. The van der Waals surface area contributed by atoms with Gasteiger partial charge in [-0.05, 0) is 18.8 Å². The SMILES string of the molecule is C=C1CCC(C)C12SCCS2. The van der Waals surface area contributed by atoms with Crippen LogP contribution in [0, 0.1) is 5.92 Å². The molecule has 1 unspecified atom stereocenters. The molecule has 1 saturated carbocycles. The fourth-order valence-electron chi connectivity index (χ4n) is 2.02. The van der Waals surface area contributed by atoms with Crippen LogP contribution in [-0.4, -0.2) is 15.6 Å². The van der Waals surface area contributed by atoms with Crippen molar-refractivity contribution in [1.82, 2.24) is 0 Å². The van der Waals surface area contributed by atoms with Gasteiger partial charge in [-0.1, -0.05) is 19.1 Å². The van der Waals surface area contributed by atoms with Crippen LogP contribution in [0.1, 0.15) is 19.8 Å². The molecular weight excluding hydrogens is 172 g/mol. The van der Waals surface area contributed by atoms with E-state index in [9.17, 15) is 0 Å². The predicted molar refractivity (Wildman–Crippen MR) is 55.2 cm³/mol. The van der Waals surface area contributed by atoms with Crippen LogP contribution in [0.25, 0.3) is 0 Å². The monoisotopic (exact) mass is 186 g/mol. The van der Waals surface area contributed by atoms with Crippen LogP contribution in [0.3, 0.4) is 0 Å². The lowest BCUT2D eigenvalue weighted by atomic mass is 10.1. The summed E-state index contributed by atoms with van der Waals surface area (Å²) in [5.41, 5.74) is 1.50. The Kier molecular flexibility index (Phi) is 2.00. The molecule has 1 saturated heterocycles. The van der Waals surface area contributed by atoms with E-state index in [1.165, 1.54) is 29.9 Å². The minimum absolute atomic E-state index is 0.444. The Balaban J connectivity index is 2.26. The Labute approximate surface area is 77.2 Å². The summed E-state index contributed by atoms with van der Waals surface area (Å²) in [4.78, 5) is 0. The van der Waals surface area contributed by atoms with E-state index in [2.05, 4.69) is 37.0 Å². The van der Waals surface area contributed by atoms with Gasteiger partial charge in [-0.25, -0.2) is 0 Å². The zero-order valence-corrected chi connectivity index (χ0v) is 8.56. The normalized spacial score (nSPS) is 35.4. The van der Waals surface area contributed by atoms with Crippen molar-refractivity contribution in [2.24, 2.45) is 5.92 Å². The average molecular weight is 186 g/mol. The molecule has 1 aliphatic carbocycles. The van der Waals surface area contributed by atoms with Crippen LogP contribution in [0.2, 0.25) is 0 Å². The molecule has 2 fully saturated rings. The summed E-state index contributed by atoms with van der Waals surface area (Å²) in [5.74, 6) is 3.51. The molecule has 0 aromatic carbocycles. The summed E-state index contributed by atoms with van der Waals surface area (Å²) in [6, 6.07) is 0. The smallest absolute Gasteiger partial charge is 0.0843 e. The highest BCUT2D eigenvalue weighted by atomic mass is 32.2. The molecule has 62 valence electrons. The van der Waals surface area contributed by atoms with Gasteiger partial charge in [0.2, 0.25) is 0 Å².